The second-order valence-electron chi connectivity index (χ2n) is 11.8. The molecule has 0 spiro atoms. The highest BCUT2D eigenvalue weighted by molar-refractivity contribution is 5.87. The first kappa shape index (κ1) is 31.6. The Kier molecular flexibility index (Phi) is 12.5. The van der Waals surface area contributed by atoms with Crippen molar-refractivity contribution in [2.24, 2.45) is 23.7 Å². The molecule has 1 aliphatic carbocycles. The van der Waals surface area contributed by atoms with Crippen molar-refractivity contribution in [1.29, 1.82) is 0 Å². The smallest absolute Gasteiger partial charge is 0.326 e. The maximum Gasteiger partial charge on any atom is 0.326 e. The molecule has 1 unspecified atom stereocenters. The summed E-state index contributed by atoms with van der Waals surface area (Å²) < 4.78 is 11.0. The van der Waals surface area contributed by atoms with Crippen molar-refractivity contribution < 1.29 is 33.8 Å². The Balaban J connectivity index is 1.69. The van der Waals surface area contributed by atoms with Gasteiger partial charge in [0.05, 0.1) is 5.92 Å². The molecular weight excluding hydrogens is 510 g/mol. The van der Waals surface area contributed by atoms with Gasteiger partial charge in [-0.3, -0.25) is 14.4 Å². The number of carboxylic acids is 1. The van der Waals surface area contributed by atoms with Gasteiger partial charge in [-0.05, 0) is 43.1 Å². The monoisotopic (exact) mass is 557 g/mol. The number of benzene rings is 1. The minimum atomic E-state index is -1.03. The van der Waals surface area contributed by atoms with E-state index >= 15 is 0 Å². The van der Waals surface area contributed by atoms with E-state index in [-0.39, 0.29) is 30.6 Å². The summed E-state index contributed by atoms with van der Waals surface area (Å²) in [5.74, 6) is -2.70. The largest absolute Gasteiger partial charge is 0.480 e. The number of rotatable bonds is 14. The van der Waals surface area contributed by atoms with Crippen LogP contribution in [0.2, 0.25) is 0 Å². The number of esters is 2. The minimum absolute atomic E-state index is 0.113. The van der Waals surface area contributed by atoms with Crippen LogP contribution in [0.1, 0.15) is 97.0 Å². The predicted molar refractivity (Wildman–Crippen MR) is 151 cm³/mol. The molecule has 1 saturated carbocycles. The van der Waals surface area contributed by atoms with E-state index in [1.165, 1.54) is 16.9 Å². The molecule has 1 amide bonds. The van der Waals surface area contributed by atoms with E-state index in [4.69, 9.17) is 9.47 Å². The summed E-state index contributed by atoms with van der Waals surface area (Å²) in [5.41, 5.74) is 1.21. The third kappa shape index (κ3) is 9.34. The Morgan fingerprint density at radius 1 is 0.975 bits per heavy atom. The first-order valence-electron chi connectivity index (χ1n) is 15.2. The highest BCUT2D eigenvalue weighted by atomic mass is 16.7. The van der Waals surface area contributed by atoms with Crippen LogP contribution in [-0.4, -0.2) is 52.7 Å². The number of ether oxygens (including phenoxy) is 2. The Hall–Kier alpha value is -2.90. The van der Waals surface area contributed by atoms with Crippen LogP contribution in [0.5, 0.6) is 0 Å². The number of aliphatic carboxylic acids is 1. The standard InChI is InChI=1S/C32H47NO7/c1-4-29(35)39-32(22(2)3)40-31(38)25(18-12-11-15-23-13-7-5-8-14-23)20-28(34)33-21-26(19-27(33)30(36)37)24-16-9-6-10-17-24/h5,7-8,13-14,22,24-27,32H,4,6,9-12,15-21H2,1-3H3,(H,36,37)/t25?,26-,27+,32-/m1/s1. The third-order valence-electron chi connectivity index (χ3n) is 8.43. The predicted octanol–water partition coefficient (Wildman–Crippen LogP) is 5.77. The van der Waals surface area contributed by atoms with Gasteiger partial charge in [-0.15, -0.1) is 0 Å². The molecule has 222 valence electrons. The second kappa shape index (κ2) is 15.8. The van der Waals surface area contributed by atoms with Crippen LogP contribution in [0, 0.1) is 23.7 Å². The molecular formula is C32H47NO7. The molecule has 8 nitrogen and oxygen atoms in total. The fourth-order valence-corrected chi connectivity index (χ4v) is 6.04. The van der Waals surface area contributed by atoms with E-state index in [1.54, 1.807) is 20.8 Å². The van der Waals surface area contributed by atoms with Crippen LogP contribution in [0.25, 0.3) is 0 Å². The van der Waals surface area contributed by atoms with Crippen LogP contribution in [-0.2, 0) is 35.1 Å². The normalized spacial score (nSPS) is 21.1. The fraction of sp³-hybridized carbons (Fsp3) is 0.688. The molecule has 8 heteroatoms. The van der Waals surface area contributed by atoms with E-state index in [2.05, 4.69) is 12.1 Å². The van der Waals surface area contributed by atoms with Crippen molar-refractivity contribution in [3.63, 3.8) is 0 Å². The third-order valence-corrected chi connectivity index (χ3v) is 8.43. The topological polar surface area (TPSA) is 110 Å². The molecule has 2 aliphatic rings. The molecule has 40 heavy (non-hydrogen) atoms. The van der Waals surface area contributed by atoms with Gasteiger partial charge in [-0.1, -0.05) is 89.6 Å². The SMILES string of the molecule is CCC(=O)O[C@H](OC(=O)C(CCCCc1ccccc1)CC(=O)N1C[C@H](C2CCCCC2)C[C@H]1C(=O)O)C(C)C. The lowest BCUT2D eigenvalue weighted by Gasteiger charge is -2.28. The number of hydrogen-bond acceptors (Lipinski definition) is 6. The van der Waals surface area contributed by atoms with E-state index in [0.717, 1.165) is 38.5 Å². The summed E-state index contributed by atoms with van der Waals surface area (Å²) in [6, 6.07) is 9.22. The van der Waals surface area contributed by atoms with Crippen molar-refractivity contribution in [2.45, 2.75) is 110 Å². The molecule has 0 bridgehead atoms. The average Bonchev–Trinajstić information content (AvgIpc) is 3.41. The number of aryl methyl sites for hydroxylation is 1. The zero-order valence-corrected chi connectivity index (χ0v) is 24.4. The van der Waals surface area contributed by atoms with E-state index in [9.17, 15) is 24.3 Å². The molecule has 1 aromatic carbocycles. The summed E-state index contributed by atoms with van der Waals surface area (Å²) in [6.07, 6.45) is 8.02. The van der Waals surface area contributed by atoms with Crippen molar-refractivity contribution in [2.75, 3.05) is 6.54 Å². The molecule has 1 aromatic rings. The molecule has 2 fully saturated rings. The molecule has 3 rings (SSSR count). The molecule has 1 N–H and O–H groups in total. The van der Waals surface area contributed by atoms with Gasteiger partial charge in [0.25, 0.3) is 0 Å². The summed E-state index contributed by atoms with van der Waals surface area (Å²) in [5, 5.41) is 9.93. The van der Waals surface area contributed by atoms with Crippen molar-refractivity contribution >= 4 is 23.8 Å². The van der Waals surface area contributed by atoms with Gasteiger partial charge in [0.2, 0.25) is 12.2 Å². The maximum absolute atomic E-state index is 13.6. The molecule has 1 heterocycles. The Bertz CT molecular complexity index is 973. The van der Waals surface area contributed by atoms with Crippen LogP contribution >= 0.6 is 0 Å². The molecule has 0 radical (unpaired) electrons. The summed E-state index contributed by atoms with van der Waals surface area (Å²) in [6.45, 7) is 5.70. The van der Waals surface area contributed by atoms with E-state index in [1.807, 2.05) is 18.2 Å². The van der Waals surface area contributed by atoms with Gasteiger partial charge < -0.3 is 19.5 Å². The number of nitrogens with zero attached hydrogens (tertiary/aromatic N) is 1. The first-order chi connectivity index (χ1) is 19.2. The zero-order valence-electron chi connectivity index (χ0n) is 24.4. The van der Waals surface area contributed by atoms with Gasteiger partial charge in [-0.25, -0.2) is 4.79 Å². The lowest BCUT2D eigenvalue weighted by atomic mass is 9.79. The lowest BCUT2D eigenvalue weighted by molar-refractivity contribution is -0.199. The van der Waals surface area contributed by atoms with Crippen LogP contribution in [0.15, 0.2) is 30.3 Å². The molecule has 4 atom stereocenters. The van der Waals surface area contributed by atoms with E-state index in [0.29, 0.717) is 31.7 Å². The Morgan fingerprint density at radius 3 is 2.30 bits per heavy atom. The van der Waals surface area contributed by atoms with Gasteiger partial charge in [0.15, 0.2) is 0 Å². The fourth-order valence-electron chi connectivity index (χ4n) is 6.04. The number of carbonyl (C=O) groups is 4. The van der Waals surface area contributed by atoms with Crippen LogP contribution in [0.4, 0.5) is 0 Å². The van der Waals surface area contributed by atoms with Crippen molar-refractivity contribution in [3.05, 3.63) is 35.9 Å². The average molecular weight is 558 g/mol. The number of likely N-dealkylation sites (tertiary alicyclic amines) is 1. The van der Waals surface area contributed by atoms with Crippen molar-refractivity contribution in [1.82, 2.24) is 4.90 Å². The first-order valence-corrected chi connectivity index (χ1v) is 15.2. The van der Waals surface area contributed by atoms with Crippen LogP contribution in [0.3, 0.4) is 0 Å². The summed E-state index contributed by atoms with van der Waals surface area (Å²) in [7, 11) is 0. The Morgan fingerprint density at radius 2 is 1.68 bits per heavy atom. The number of carbonyl (C=O) groups excluding carboxylic acids is 3. The van der Waals surface area contributed by atoms with Crippen LogP contribution < -0.4 is 0 Å². The van der Waals surface area contributed by atoms with Crippen molar-refractivity contribution in [3.8, 4) is 0 Å². The van der Waals surface area contributed by atoms with Gasteiger partial charge in [0.1, 0.15) is 6.04 Å². The molecule has 0 aromatic heterocycles. The number of hydrogen-bond donors (Lipinski definition) is 1. The van der Waals surface area contributed by atoms with Gasteiger partial charge in [0, 0.05) is 25.3 Å². The zero-order chi connectivity index (χ0) is 29.1. The summed E-state index contributed by atoms with van der Waals surface area (Å²) in [4.78, 5) is 52.5. The molecule has 1 aliphatic heterocycles. The second-order valence-corrected chi connectivity index (χ2v) is 11.8. The number of amides is 1. The number of unbranched alkanes of at least 4 members (excludes halogenated alkanes) is 1. The van der Waals surface area contributed by atoms with E-state index < -0.39 is 36.2 Å². The minimum Gasteiger partial charge on any atom is -0.480 e. The summed E-state index contributed by atoms with van der Waals surface area (Å²) >= 11 is 0. The number of carboxylic acid groups (broad SMARTS) is 1. The van der Waals surface area contributed by atoms with Gasteiger partial charge >= 0.3 is 17.9 Å². The lowest BCUT2D eigenvalue weighted by Crippen LogP contribution is -2.42. The maximum atomic E-state index is 13.6. The Labute approximate surface area is 238 Å². The molecule has 1 saturated heterocycles. The highest BCUT2D eigenvalue weighted by Gasteiger charge is 2.43. The van der Waals surface area contributed by atoms with Gasteiger partial charge in [-0.2, -0.15) is 0 Å². The quantitative estimate of drug-likeness (QED) is 0.176. The highest BCUT2D eigenvalue weighted by Crippen LogP contribution is 2.38.